The van der Waals surface area contributed by atoms with Crippen LogP contribution in [0.25, 0.3) is 0 Å². The Kier molecular flexibility index (Phi) is 6.25. The van der Waals surface area contributed by atoms with Crippen LogP contribution in [-0.4, -0.2) is 36.4 Å². The number of benzene rings is 2. The number of aryl methyl sites for hydroxylation is 1. The molecule has 5 nitrogen and oxygen atoms in total. The van der Waals surface area contributed by atoms with Crippen molar-refractivity contribution in [2.24, 2.45) is 11.1 Å². The molecule has 0 radical (unpaired) electrons. The van der Waals surface area contributed by atoms with Gasteiger partial charge in [0.15, 0.2) is 0 Å². The Morgan fingerprint density at radius 3 is 2.43 bits per heavy atom. The van der Waals surface area contributed by atoms with Gasteiger partial charge in [-0.15, -0.1) is 0 Å². The molecule has 0 bridgehead atoms. The highest BCUT2D eigenvalue weighted by Gasteiger charge is 2.38. The number of nitrogens with two attached hydrogens (primary N) is 1. The standard InChI is InChI=1S/C22H25ClN2O3/c1-16-13-18(7-8-19(16)23)28-15-22(14-20(24)26)9-11-25(12-10-22)21(27)17-5-3-2-4-6-17/h2-8,13H,9-12,14-15H2,1H3,(H2,24,26). The van der Waals surface area contributed by atoms with Crippen LogP contribution in [0.3, 0.4) is 0 Å². The molecule has 0 unspecified atom stereocenters. The summed E-state index contributed by atoms with van der Waals surface area (Å²) < 4.78 is 6.00. The van der Waals surface area contributed by atoms with E-state index in [1.165, 1.54) is 0 Å². The quantitative estimate of drug-likeness (QED) is 0.800. The largest absolute Gasteiger partial charge is 0.493 e. The molecule has 0 spiro atoms. The smallest absolute Gasteiger partial charge is 0.253 e. The van der Waals surface area contributed by atoms with Crippen LogP contribution in [0.2, 0.25) is 5.02 Å². The minimum absolute atomic E-state index is 0.0162. The third-order valence-corrected chi connectivity index (χ3v) is 5.78. The Hall–Kier alpha value is -2.53. The van der Waals surface area contributed by atoms with Crippen molar-refractivity contribution in [3.8, 4) is 5.75 Å². The Morgan fingerprint density at radius 2 is 1.82 bits per heavy atom. The minimum atomic E-state index is -0.368. The highest BCUT2D eigenvalue weighted by Crippen LogP contribution is 2.36. The van der Waals surface area contributed by atoms with Crippen molar-refractivity contribution in [1.82, 2.24) is 4.90 Å². The van der Waals surface area contributed by atoms with Crippen molar-refractivity contribution >= 4 is 23.4 Å². The van der Waals surface area contributed by atoms with Crippen LogP contribution in [-0.2, 0) is 4.79 Å². The van der Waals surface area contributed by atoms with E-state index in [1.807, 2.05) is 54.3 Å². The minimum Gasteiger partial charge on any atom is -0.493 e. The number of halogens is 1. The highest BCUT2D eigenvalue weighted by molar-refractivity contribution is 6.31. The van der Waals surface area contributed by atoms with Gasteiger partial charge in [-0.05, 0) is 55.7 Å². The van der Waals surface area contributed by atoms with Crippen LogP contribution >= 0.6 is 11.6 Å². The number of primary amides is 1. The van der Waals surface area contributed by atoms with Gasteiger partial charge in [0.2, 0.25) is 5.91 Å². The van der Waals surface area contributed by atoms with Gasteiger partial charge < -0.3 is 15.4 Å². The molecule has 28 heavy (non-hydrogen) atoms. The second-order valence-electron chi connectivity index (χ2n) is 7.50. The number of likely N-dealkylation sites (tertiary alicyclic amines) is 1. The van der Waals surface area contributed by atoms with E-state index in [9.17, 15) is 9.59 Å². The van der Waals surface area contributed by atoms with Crippen LogP contribution in [0.4, 0.5) is 0 Å². The van der Waals surface area contributed by atoms with Crippen LogP contribution in [0.15, 0.2) is 48.5 Å². The van der Waals surface area contributed by atoms with E-state index in [0.717, 1.165) is 5.56 Å². The molecule has 148 valence electrons. The second-order valence-corrected chi connectivity index (χ2v) is 7.91. The number of rotatable bonds is 6. The Morgan fingerprint density at radius 1 is 1.14 bits per heavy atom. The maximum Gasteiger partial charge on any atom is 0.253 e. The van der Waals surface area contributed by atoms with Gasteiger partial charge in [0.05, 0.1) is 6.61 Å². The maximum atomic E-state index is 12.7. The molecule has 1 aliphatic rings. The first-order chi connectivity index (χ1) is 13.4. The predicted molar refractivity (Wildman–Crippen MR) is 110 cm³/mol. The Bertz CT molecular complexity index is 846. The number of nitrogens with zero attached hydrogens (tertiary/aromatic N) is 1. The monoisotopic (exact) mass is 400 g/mol. The molecule has 0 atom stereocenters. The fourth-order valence-corrected chi connectivity index (χ4v) is 3.75. The number of carbonyl (C=O) groups excluding carboxylic acids is 2. The summed E-state index contributed by atoms with van der Waals surface area (Å²) >= 11 is 6.07. The molecule has 2 aromatic carbocycles. The lowest BCUT2D eigenvalue weighted by molar-refractivity contribution is -0.121. The number of piperidine rings is 1. The SMILES string of the molecule is Cc1cc(OCC2(CC(N)=O)CCN(C(=O)c3ccccc3)CC2)ccc1Cl. The molecular formula is C22H25ClN2O3. The Balaban J connectivity index is 1.66. The molecule has 2 N–H and O–H groups in total. The molecule has 0 aliphatic carbocycles. The van der Waals surface area contributed by atoms with E-state index in [-0.39, 0.29) is 23.7 Å². The lowest BCUT2D eigenvalue weighted by atomic mass is 9.76. The van der Waals surface area contributed by atoms with Crippen LogP contribution in [0.5, 0.6) is 5.75 Å². The summed E-state index contributed by atoms with van der Waals surface area (Å²) in [6.45, 7) is 3.44. The Labute approximate surface area is 170 Å². The van der Waals surface area contributed by atoms with Crippen molar-refractivity contribution < 1.29 is 14.3 Å². The molecule has 1 heterocycles. The predicted octanol–water partition coefficient (Wildman–Crippen LogP) is 3.83. The normalized spacial score (nSPS) is 15.9. The number of carbonyl (C=O) groups is 2. The van der Waals surface area contributed by atoms with E-state index < -0.39 is 0 Å². The summed E-state index contributed by atoms with van der Waals surface area (Å²) in [4.78, 5) is 26.2. The molecular weight excluding hydrogens is 376 g/mol. The van der Waals surface area contributed by atoms with Gasteiger partial charge in [0.1, 0.15) is 5.75 Å². The van der Waals surface area contributed by atoms with Crippen LogP contribution in [0, 0.1) is 12.3 Å². The van der Waals surface area contributed by atoms with E-state index in [1.54, 1.807) is 6.07 Å². The summed E-state index contributed by atoms with van der Waals surface area (Å²) in [6.07, 6.45) is 1.58. The van der Waals surface area contributed by atoms with Gasteiger partial charge in [0, 0.05) is 35.5 Å². The van der Waals surface area contributed by atoms with E-state index in [4.69, 9.17) is 22.1 Å². The molecule has 3 rings (SSSR count). The van der Waals surface area contributed by atoms with Gasteiger partial charge >= 0.3 is 0 Å². The molecule has 6 heteroatoms. The first kappa shape index (κ1) is 20.2. The zero-order valence-electron chi connectivity index (χ0n) is 16.0. The van der Waals surface area contributed by atoms with Gasteiger partial charge in [-0.2, -0.15) is 0 Å². The lowest BCUT2D eigenvalue weighted by Gasteiger charge is -2.41. The topological polar surface area (TPSA) is 72.6 Å². The van der Waals surface area contributed by atoms with Crippen molar-refractivity contribution in [2.45, 2.75) is 26.2 Å². The number of ether oxygens (including phenoxy) is 1. The van der Waals surface area contributed by atoms with E-state index >= 15 is 0 Å². The molecule has 1 saturated heterocycles. The highest BCUT2D eigenvalue weighted by atomic mass is 35.5. The molecule has 1 fully saturated rings. The second kappa shape index (κ2) is 8.65. The van der Waals surface area contributed by atoms with Gasteiger partial charge in [0.25, 0.3) is 5.91 Å². The van der Waals surface area contributed by atoms with Gasteiger partial charge in [-0.25, -0.2) is 0 Å². The fourth-order valence-electron chi connectivity index (χ4n) is 3.63. The van der Waals surface area contributed by atoms with Crippen molar-refractivity contribution in [2.75, 3.05) is 19.7 Å². The average molecular weight is 401 g/mol. The summed E-state index contributed by atoms with van der Waals surface area (Å²) in [6, 6.07) is 14.7. The maximum absolute atomic E-state index is 12.7. The lowest BCUT2D eigenvalue weighted by Crippen LogP contribution is -2.47. The number of amides is 2. The third kappa shape index (κ3) is 4.84. The summed E-state index contributed by atoms with van der Waals surface area (Å²) in [5.74, 6) is 0.384. The van der Waals surface area contributed by atoms with Gasteiger partial charge in [-0.3, -0.25) is 9.59 Å². The first-order valence-electron chi connectivity index (χ1n) is 9.40. The molecule has 2 amide bonds. The molecule has 0 saturated carbocycles. The van der Waals surface area contributed by atoms with Crippen LogP contribution < -0.4 is 10.5 Å². The third-order valence-electron chi connectivity index (χ3n) is 5.36. The van der Waals surface area contributed by atoms with Crippen molar-refractivity contribution in [3.05, 3.63) is 64.7 Å². The number of hydrogen-bond donors (Lipinski definition) is 1. The average Bonchev–Trinajstić information content (AvgIpc) is 2.69. The van der Waals surface area contributed by atoms with Crippen molar-refractivity contribution in [3.63, 3.8) is 0 Å². The number of hydrogen-bond acceptors (Lipinski definition) is 3. The zero-order valence-corrected chi connectivity index (χ0v) is 16.7. The van der Waals surface area contributed by atoms with E-state index in [0.29, 0.717) is 48.9 Å². The summed E-state index contributed by atoms with van der Waals surface area (Å²) in [5.41, 5.74) is 6.76. The summed E-state index contributed by atoms with van der Waals surface area (Å²) in [5, 5.41) is 0.687. The van der Waals surface area contributed by atoms with Crippen molar-refractivity contribution in [1.29, 1.82) is 0 Å². The van der Waals surface area contributed by atoms with Crippen LogP contribution in [0.1, 0.15) is 35.2 Å². The van der Waals surface area contributed by atoms with Gasteiger partial charge in [-0.1, -0.05) is 29.8 Å². The molecule has 2 aromatic rings. The molecule has 1 aliphatic heterocycles. The fraction of sp³-hybridized carbons (Fsp3) is 0.364. The van der Waals surface area contributed by atoms with E-state index in [2.05, 4.69) is 0 Å². The zero-order chi connectivity index (χ0) is 20.1. The summed E-state index contributed by atoms with van der Waals surface area (Å²) in [7, 11) is 0. The molecule has 0 aromatic heterocycles. The first-order valence-corrected chi connectivity index (χ1v) is 9.78.